The summed E-state index contributed by atoms with van der Waals surface area (Å²) in [6.45, 7) is 3.87. The van der Waals surface area contributed by atoms with Crippen LogP contribution in [0.1, 0.15) is 37.9 Å². The Hall–Kier alpha value is -1.00. The maximum atomic E-state index is 12.8. The molecule has 3 nitrogen and oxygen atoms in total. The van der Waals surface area contributed by atoms with Crippen molar-refractivity contribution < 1.29 is 9.13 Å². The quantitative estimate of drug-likeness (QED) is 0.810. The molecule has 0 aliphatic heterocycles. The molecule has 0 amide bonds. The lowest BCUT2D eigenvalue weighted by Crippen LogP contribution is -2.28. The average molecular weight is 252 g/mol. The summed E-state index contributed by atoms with van der Waals surface area (Å²) in [6, 6.07) is 3.35. The minimum absolute atomic E-state index is 0.158. The smallest absolute Gasteiger partial charge is 0.141 e. The van der Waals surface area contributed by atoms with Gasteiger partial charge in [0.1, 0.15) is 5.82 Å². The van der Waals surface area contributed by atoms with Gasteiger partial charge < -0.3 is 10.1 Å². The summed E-state index contributed by atoms with van der Waals surface area (Å²) in [5.41, 5.74) is 1.31. The Morgan fingerprint density at radius 1 is 1.50 bits per heavy atom. The molecule has 4 heteroatoms. The van der Waals surface area contributed by atoms with Crippen molar-refractivity contribution in [3.05, 3.63) is 29.8 Å². The molecule has 0 bridgehead atoms. The largest absolute Gasteiger partial charge is 0.385 e. The molecular weight excluding hydrogens is 231 g/mol. The minimum atomic E-state index is -0.287. The third-order valence-electron chi connectivity index (χ3n) is 3.77. The van der Waals surface area contributed by atoms with Crippen molar-refractivity contribution in [2.24, 2.45) is 5.41 Å². The van der Waals surface area contributed by atoms with Crippen molar-refractivity contribution in [3.63, 3.8) is 0 Å². The zero-order chi connectivity index (χ0) is 13.0. The van der Waals surface area contributed by atoms with E-state index in [-0.39, 0.29) is 11.9 Å². The van der Waals surface area contributed by atoms with Gasteiger partial charge in [0, 0.05) is 26.3 Å². The number of nitrogens with zero attached hydrogens (tertiary/aromatic N) is 1. The highest BCUT2D eigenvalue weighted by Gasteiger charge is 2.41. The molecular formula is C14H21FN2O. The lowest BCUT2D eigenvalue weighted by atomic mass is 10.0. The number of aromatic nitrogens is 1. The number of halogens is 1. The van der Waals surface area contributed by atoms with E-state index in [4.69, 9.17) is 4.74 Å². The molecule has 0 aromatic carbocycles. The summed E-state index contributed by atoms with van der Waals surface area (Å²) in [7, 11) is 1.74. The predicted molar refractivity (Wildman–Crippen MR) is 68.8 cm³/mol. The molecule has 1 aromatic rings. The highest BCUT2D eigenvalue weighted by atomic mass is 19.1. The van der Waals surface area contributed by atoms with Crippen LogP contribution in [-0.2, 0) is 4.74 Å². The molecule has 1 aliphatic rings. The topological polar surface area (TPSA) is 34.1 Å². The number of nitrogens with one attached hydrogen (secondary N) is 1. The second kappa shape index (κ2) is 5.76. The lowest BCUT2D eigenvalue weighted by Gasteiger charge is -2.19. The van der Waals surface area contributed by atoms with Gasteiger partial charge in [0.15, 0.2) is 0 Å². The first-order valence-corrected chi connectivity index (χ1v) is 6.49. The van der Waals surface area contributed by atoms with Crippen molar-refractivity contribution in [1.29, 1.82) is 0 Å². The van der Waals surface area contributed by atoms with Crippen molar-refractivity contribution in [2.75, 3.05) is 20.3 Å². The van der Waals surface area contributed by atoms with Crippen LogP contribution in [-0.4, -0.2) is 25.2 Å². The molecule has 0 saturated heterocycles. The van der Waals surface area contributed by atoms with Gasteiger partial charge in [0.2, 0.25) is 0 Å². The SMILES string of the molecule is COCCC1(CNC(C)c2ccc(F)cn2)CC1. The summed E-state index contributed by atoms with van der Waals surface area (Å²) < 4.78 is 17.9. The number of ether oxygens (including phenoxy) is 1. The van der Waals surface area contributed by atoms with Gasteiger partial charge in [-0.05, 0) is 43.7 Å². The van der Waals surface area contributed by atoms with Crippen LogP contribution in [0.15, 0.2) is 18.3 Å². The zero-order valence-corrected chi connectivity index (χ0v) is 11.1. The van der Waals surface area contributed by atoms with Crippen LogP contribution >= 0.6 is 0 Å². The van der Waals surface area contributed by atoms with E-state index in [0.717, 1.165) is 25.3 Å². The first-order valence-electron chi connectivity index (χ1n) is 6.49. The second-order valence-electron chi connectivity index (χ2n) is 5.25. The molecule has 2 rings (SSSR count). The van der Waals surface area contributed by atoms with Crippen molar-refractivity contribution in [3.8, 4) is 0 Å². The van der Waals surface area contributed by atoms with Crippen molar-refractivity contribution >= 4 is 0 Å². The normalized spacial score (nSPS) is 18.6. The molecule has 1 heterocycles. The Morgan fingerprint density at radius 2 is 2.28 bits per heavy atom. The van der Waals surface area contributed by atoms with Gasteiger partial charge in [-0.1, -0.05) is 0 Å². The average Bonchev–Trinajstić information content (AvgIpc) is 3.15. The summed E-state index contributed by atoms with van der Waals surface area (Å²) in [6.07, 6.45) is 4.92. The van der Waals surface area contributed by atoms with E-state index < -0.39 is 0 Å². The van der Waals surface area contributed by atoms with E-state index in [0.29, 0.717) is 5.41 Å². The Kier molecular flexibility index (Phi) is 4.30. The van der Waals surface area contributed by atoms with E-state index in [2.05, 4.69) is 17.2 Å². The van der Waals surface area contributed by atoms with Crippen LogP contribution in [0.25, 0.3) is 0 Å². The number of hydrogen-bond donors (Lipinski definition) is 1. The molecule has 0 spiro atoms. The van der Waals surface area contributed by atoms with Gasteiger partial charge in [-0.2, -0.15) is 0 Å². The molecule has 1 saturated carbocycles. The second-order valence-corrected chi connectivity index (χ2v) is 5.25. The maximum absolute atomic E-state index is 12.8. The van der Waals surface area contributed by atoms with Crippen LogP contribution in [0.5, 0.6) is 0 Å². The van der Waals surface area contributed by atoms with Crippen LogP contribution in [0.4, 0.5) is 4.39 Å². The van der Waals surface area contributed by atoms with E-state index >= 15 is 0 Å². The minimum Gasteiger partial charge on any atom is -0.385 e. The standard InChI is InChI=1S/C14H21FN2O/c1-11(13-4-3-12(15)9-16-13)17-10-14(5-6-14)7-8-18-2/h3-4,9,11,17H,5-8,10H2,1-2H3. The van der Waals surface area contributed by atoms with Gasteiger partial charge in [-0.25, -0.2) is 4.39 Å². The number of pyridine rings is 1. The highest BCUT2D eigenvalue weighted by molar-refractivity contribution is 5.09. The number of rotatable bonds is 7. The zero-order valence-electron chi connectivity index (χ0n) is 11.1. The third kappa shape index (κ3) is 3.50. The van der Waals surface area contributed by atoms with E-state index in [9.17, 15) is 4.39 Å². The lowest BCUT2D eigenvalue weighted by molar-refractivity contribution is 0.170. The monoisotopic (exact) mass is 252 g/mol. The first-order chi connectivity index (χ1) is 8.65. The molecule has 1 fully saturated rings. The van der Waals surface area contributed by atoms with Gasteiger partial charge in [-0.3, -0.25) is 4.98 Å². The molecule has 1 atom stereocenters. The van der Waals surface area contributed by atoms with Crippen LogP contribution in [0.2, 0.25) is 0 Å². The Bertz CT molecular complexity index is 376. The van der Waals surface area contributed by atoms with Crippen molar-refractivity contribution in [2.45, 2.75) is 32.2 Å². The van der Waals surface area contributed by atoms with E-state index in [1.54, 1.807) is 13.2 Å². The fourth-order valence-corrected chi connectivity index (χ4v) is 2.13. The van der Waals surface area contributed by atoms with Crippen LogP contribution in [0.3, 0.4) is 0 Å². The van der Waals surface area contributed by atoms with E-state index in [1.165, 1.54) is 25.1 Å². The maximum Gasteiger partial charge on any atom is 0.141 e. The molecule has 1 aliphatic carbocycles. The molecule has 1 unspecified atom stereocenters. The van der Waals surface area contributed by atoms with Crippen LogP contribution in [0, 0.1) is 11.2 Å². The Balaban J connectivity index is 1.81. The number of hydrogen-bond acceptors (Lipinski definition) is 3. The third-order valence-corrected chi connectivity index (χ3v) is 3.77. The first kappa shape index (κ1) is 13.4. The molecule has 1 aromatic heterocycles. The fraction of sp³-hybridized carbons (Fsp3) is 0.643. The van der Waals surface area contributed by atoms with Gasteiger partial charge >= 0.3 is 0 Å². The summed E-state index contributed by atoms with van der Waals surface area (Å²) >= 11 is 0. The van der Waals surface area contributed by atoms with Gasteiger partial charge in [-0.15, -0.1) is 0 Å². The Labute approximate surface area is 108 Å². The highest BCUT2D eigenvalue weighted by Crippen LogP contribution is 2.48. The van der Waals surface area contributed by atoms with Crippen molar-refractivity contribution in [1.82, 2.24) is 10.3 Å². The summed E-state index contributed by atoms with van der Waals surface area (Å²) in [4.78, 5) is 4.10. The van der Waals surface area contributed by atoms with E-state index in [1.807, 2.05) is 0 Å². The predicted octanol–water partition coefficient (Wildman–Crippen LogP) is 2.69. The Morgan fingerprint density at radius 3 is 2.83 bits per heavy atom. The fourth-order valence-electron chi connectivity index (χ4n) is 2.13. The molecule has 1 N–H and O–H groups in total. The van der Waals surface area contributed by atoms with Crippen LogP contribution < -0.4 is 5.32 Å². The number of methoxy groups -OCH3 is 1. The van der Waals surface area contributed by atoms with Gasteiger partial charge in [0.05, 0.1) is 11.9 Å². The summed E-state index contributed by atoms with van der Waals surface area (Å²) in [5.74, 6) is -0.287. The van der Waals surface area contributed by atoms with Gasteiger partial charge in [0.25, 0.3) is 0 Å². The molecule has 18 heavy (non-hydrogen) atoms. The molecule has 100 valence electrons. The molecule has 0 radical (unpaired) electrons. The summed E-state index contributed by atoms with van der Waals surface area (Å²) in [5, 5.41) is 3.49.